The van der Waals surface area contributed by atoms with E-state index in [1.807, 2.05) is 0 Å². The predicted octanol–water partition coefficient (Wildman–Crippen LogP) is 5.67. The molecule has 0 aliphatic carbocycles. The van der Waals surface area contributed by atoms with E-state index in [1.54, 1.807) is 0 Å². The van der Waals surface area contributed by atoms with Crippen molar-refractivity contribution in [3.63, 3.8) is 0 Å². The molecule has 146 valence electrons. The predicted molar refractivity (Wildman–Crippen MR) is 106 cm³/mol. The Morgan fingerprint density at radius 1 is 0.500 bits per heavy atom. The number of unbranched alkanes of at least 4 members (excludes halogenated alkanes) is 12. The van der Waals surface area contributed by atoms with Crippen molar-refractivity contribution in [1.29, 1.82) is 0 Å². The largest absolute Gasteiger partial charge is 0.379 e. The first-order valence-corrected chi connectivity index (χ1v) is 10.6. The first-order chi connectivity index (χ1) is 11.8. The van der Waals surface area contributed by atoms with Gasteiger partial charge in [-0.05, 0) is 20.5 Å². The maximum Gasteiger partial charge on any atom is 0.0701 e. The number of hydrogen-bond donors (Lipinski definition) is 0. The molecule has 0 spiro atoms. The van der Waals surface area contributed by atoms with Crippen molar-refractivity contribution in [3.8, 4) is 0 Å². The van der Waals surface area contributed by atoms with E-state index in [-0.39, 0.29) is 0 Å². The average molecular weight is 344 g/mol. The molecule has 3 nitrogen and oxygen atoms in total. The fourth-order valence-electron chi connectivity index (χ4n) is 2.79. The molecule has 0 atom stereocenters. The summed E-state index contributed by atoms with van der Waals surface area (Å²) < 4.78 is 11.1. The molecule has 0 amide bonds. The summed E-state index contributed by atoms with van der Waals surface area (Å²) >= 11 is 0. The van der Waals surface area contributed by atoms with Gasteiger partial charge in [-0.15, -0.1) is 0 Å². The van der Waals surface area contributed by atoms with Gasteiger partial charge in [0.25, 0.3) is 0 Å². The molecule has 0 aromatic rings. The molecule has 0 rings (SSSR count). The van der Waals surface area contributed by atoms with Crippen LogP contribution in [-0.2, 0) is 9.47 Å². The molecule has 0 bridgehead atoms. The van der Waals surface area contributed by atoms with Crippen LogP contribution in [0, 0.1) is 0 Å². The number of hydrogen-bond acceptors (Lipinski definition) is 3. The minimum atomic E-state index is 0.728. The Balaban J connectivity index is 2.95. The van der Waals surface area contributed by atoms with E-state index in [0.717, 1.165) is 33.0 Å². The van der Waals surface area contributed by atoms with Crippen molar-refractivity contribution < 1.29 is 9.47 Å². The van der Waals surface area contributed by atoms with Crippen molar-refractivity contribution >= 4 is 0 Å². The zero-order valence-electron chi connectivity index (χ0n) is 17.0. The zero-order valence-corrected chi connectivity index (χ0v) is 17.0. The minimum absolute atomic E-state index is 0.728. The summed E-state index contributed by atoms with van der Waals surface area (Å²) in [5, 5.41) is 0. The first kappa shape index (κ1) is 23.9. The van der Waals surface area contributed by atoms with E-state index < -0.39 is 0 Å². The van der Waals surface area contributed by atoms with Gasteiger partial charge in [-0.25, -0.2) is 0 Å². The second-order valence-corrected chi connectivity index (χ2v) is 7.27. The van der Waals surface area contributed by atoms with E-state index in [2.05, 4.69) is 25.9 Å². The molecule has 0 radical (unpaired) electrons. The summed E-state index contributed by atoms with van der Waals surface area (Å²) in [5.41, 5.74) is 0. The SMILES string of the molecule is CCCCCCCCCCCCCCCOCCOCCN(C)C. The fourth-order valence-corrected chi connectivity index (χ4v) is 2.79. The molecule has 0 aromatic carbocycles. The Bertz CT molecular complexity index is 222. The van der Waals surface area contributed by atoms with Gasteiger partial charge >= 0.3 is 0 Å². The lowest BCUT2D eigenvalue weighted by Gasteiger charge is -2.10. The third-order valence-electron chi connectivity index (χ3n) is 4.45. The normalized spacial score (nSPS) is 11.5. The van der Waals surface area contributed by atoms with Gasteiger partial charge < -0.3 is 14.4 Å². The topological polar surface area (TPSA) is 21.7 Å². The summed E-state index contributed by atoms with van der Waals surface area (Å²) in [6.45, 7) is 6.44. The maximum atomic E-state index is 5.60. The Morgan fingerprint density at radius 3 is 1.38 bits per heavy atom. The van der Waals surface area contributed by atoms with E-state index in [0.29, 0.717) is 0 Å². The zero-order chi connectivity index (χ0) is 17.7. The number of likely N-dealkylation sites (N-methyl/N-ethyl adjacent to an activating group) is 1. The highest BCUT2D eigenvalue weighted by Gasteiger charge is 1.95. The lowest BCUT2D eigenvalue weighted by molar-refractivity contribution is 0.0414. The molecule has 0 aromatic heterocycles. The second kappa shape index (κ2) is 20.9. The lowest BCUT2D eigenvalue weighted by Crippen LogP contribution is -2.19. The Morgan fingerprint density at radius 2 is 0.917 bits per heavy atom. The van der Waals surface area contributed by atoms with Gasteiger partial charge in [-0.2, -0.15) is 0 Å². The molecule has 3 heteroatoms. The van der Waals surface area contributed by atoms with Gasteiger partial charge in [-0.1, -0.05) is 84.0 Å². The fraction of sp³-hybridized carbons (Fsp3) is 1.00. The third-order valence-corrected chi connectivity index (χ3v) is 4.45. The van der Waals surface area contributed by atoms with Crippen LogP contribution in [0.4, 0.5) is 0 Å². The highest BCUT2D eigenvalue weighted by molar-refractivity contribution is 4.49. The molecule has 0 N–H and O–H groups in total. The van der Waals surface area contributed by atoms with Crippen molar-refractivity contribution in [3.05, 3.63) is 0 Å². The Kier molecular flexibility index (Phi) is 20.8. The van der Waals surface area contributed by atoms with E-state index in [9.17, 15) is 0 Å². The van der Waals surface area contributed by atoms with Crippen LogP contribution in [0.15, 0.2) is 0 Å². The van der Waals surface area contributed by atoms with Crippen molar-refractivity contribution in [2.75, 3.05) is 47.1 Å². The smallest absolute Gasteiger partial charge is 0.0701 e. The van der Waals surface area contributed by atoms with Crippen LogP contribution in [0.3, 0.4) is 0 Å². The number of nitrogens with zero attached hydrogens (tertiary/aromatic N) is 1. The Labute approximate surface area is 152 Å². The molecule has 0 unspecified atom stereocenters. The molecule has 24 heavy (non-hydrogen) atoms. The van der Waals surface area contributed by atoms with E-state index in [1.165, 1.54) is 83.5 Å². The minimum Gasteiger partial charge on any atom is -0.379 e. The maximum absolute atomic E-state index is 5.60. The second-order valence-electron chi connectivity index (χ2n) is 7.27. The monoisotopic (exact) mass is 343 g/mol. The molecular weight excluding hydrogens is 298 g/mol. The average Bonchev–Trinajstić information content (AvgIpc) is 2.56. The van der Waals surface area contributed by atoms with Gasteiger partial charge in [0.2, 0.25) is 0 Å². The standard InChI is InChI=1S/C21H45NO2/c1-4-5-6-7-8-9-10-11-12-13-14-15-16-18-23-20-21-24-19-17-22(2)3/h4-21H2,1-3H3. The van der Waals surface area contributed by atoms with Gasteiger partial charge in [-0.3, -0.25) is 0 Å². The van der Waals surface area contributed by atoms with Crippen molar-refractivity contribution in [2.24, 2.45) is 0 Å². The van der Waals surface area contributed by atoms with Crippen LogP contribution >= 0.6 is 0 Å². The molecule has 0 aliphatic rings. The molecule has 0 saturated carbocycles. The highest BCUT2D eigenvalue weighted by Crippen LogP contribution is 2.12. The van der Waals surface area contributed by atoms with Crippen LogP contribution in [0.1, 0.15) is 90.4 Å². The summed E-state index contributed by atoms with van der Waals surface area (Å²) in [6, 6.07) is 0. The van der Waals surface area contributed by atoms with Crippen LogP contribution < -0.4 is 0 Å². The van der Waals surface area contributed by atoms with Crippen molar-refractivity contribution in [1.82, 2.24) is 4.90 Å². The van der Waals surface area contributed by atoms with Crippen LogP contribution in [0.25, 0.3) is 0 Å². The summed E-state index contributed by atoms with van der Waals surface area (Å²) in [4.78, 5) is 2.13. The summed E-state index contributed by atoms with van der Waals surface area (Å²) in [5.74, 6) is 0. The summed E-state index contributed by atoms with van der Waals surface area (Å²) in [6.07, 6.45) is 18.2. The van der Waals surface area contributed by atoms with Crippen LogP contribution in [0.5, 0.6) is 0 Å². The van der Waals surface area contributed by atoms with Crippen molar-refractivity contribution in [2.45, 2.75) is 90.4 Å². The van der Waals surface area contributed by atoms with E-state index >= 15 is 0 Å². The van der Waals surface area contributed by atoms with Crippen LogP contribution in [-0.4, -0.2) is 52.0 Å². The van der Waals surface area contributed by atoms with E-state index in [4.69, 9.17) is 9.47 Å². The summed E-state index contributed by atoms with van der Waals surface area (Å²) in [7, 11) is 4.13. The lowest BCUT2D eigenvalue weighted by atomic mass is 10.0. The number of ether oxygens (including phenoxy) is 2. The van der Waals surface area contributed by atoms with Gasteiger partial charge in [0, 0.05) is 13.2 Å². The quantitative estimate of drug-likeness (QED) is 0.266. The van der Waals surface area contributed by atoms with Gasteiger partial charge in [0.15, 0.2) is 0 Å². The molecule has 0 saturated heterocycles. The van der Waals surface area contributed by atoms with Gasteiger partial charge in [0.1, 0.15) is 0 Å². The Hall–Kier alpha value is -0.120. The molecule has 0 aliphatic heterocycles. The third kappa shape index (κ3) is 21.9. The molecular formula is C21H45NO2. The molecule has 0 fully saturated rings. The van der Waals surface area contributed by atoms with Crippen LogP contribution in [0.2, 0.25) is 0 Å². The first-order valence-electron chi connectivity index (χ1n) is 10.6. The number of rotatable bonds is 20. The molecule has 0 heterocycles. The highest BCUT2D eigenvalue weighted by atomic mass is 16.5. The van der Waals surface area contributed by atoms with Gasteiger partial charge in [0.05, 0.1) is 19.8 Å².